The largest absolute Gasteiger partial charge is 0.497 e. The van der Waals surface area contributed by atoms with Crippen LogP contribution in [0.2, 0.25) is 0 Å². The molecule has 2 heterocycles. The zero-order chi connectivity index (χ0) is 16.9. The Labute approximate surface area is 142 Å². The van der Waals surface area contributed by atoms with Gasteiger partial charge < -0.3 is 10.1 Å². The maximum absolute atomic E-state index is 13.2. The average molecular weight is 342 g/mol. The van der Waals surface area contributed by atoms with E-state index in [4.69, 9.17) is 4.74 Å². The molecule has 1 aromatic carbocycles. The van der Waals surface area contributed by atoms with Crippen molar-refractivity contribution in [2.24, 2.45) is 0 Å². The normalized spacial score (nSPS) is 10.4. The van der Waals surface area contributed by atoms with Crippen LogP contribution >= 0.6 is 11.3 Å². The highest BCUT2D eigenvalue weighted by atomic mass is 32.1. The number of nitrogens with zero attached hydrogens (tertiary/aromatic N) is 1. The first kappa shape index (κ1) is 16.1. The van der Waals surface area contributed by atoms with E-state index in [1.807, 2.05) is 35.7 Å². The van der Waals surface area contributed by atoms with Crippen LogP contribution in [0.3, 0.4) is 0 Å². The third-order valence-electron chi connectivity index (χ3n) is 3.42. The summed E-state index contributed by atoms with van der Waals surface area (Å²) in [6, 6.07) is 12.3. The molecule has 4 nitrogen and oxygen atoms in total. The fourth-order valence-electron chi connectivity index (χ4n) is 2.28. The molecule has 0 bridgehead atoms. The molecule has 0 aliphatic carbocycles. The van der Waals surface area contributed by atoms with E-state index in [1.54, 1.807) is 13.2 Å². The molecule has 2 aromatic heterocycles. The summed E-state index contributed by atoms with van der Waals surface area (Å²) >= 11 is 1.40. The van der Waals surface area contributed by atoms with Gasteiger partial charge in [-0.1, -0.05) is 12.1 Å². The zero-order valence-corrected chi connectivity index (χ0v) is 13.8. The second kappa shape index (κ2) is 7.23. The van der Waals surface area contributed by atoms with Crippen LogP contribution in [0, 0.1) is 5.95 Å². The number of benzene rings is 1. The summed E-state index contributed by atoms with van der Waals surface area (Å²) in [5, 5.41) is 5.45. The average Bonchev–Trinajstić information content (AvgIpc) is 3.03. The Bertz CT molecular complexity index is 863. The number of halogens is 1. The van der Waals surface area contributed by atoms with E-state index in [1.165, 1.54) is 23.6 Å². The lowest BCUT2D eigenvalue weighted by Gasteiger charge is -2.05. The minimum Gasteiger partial charge on any atom is -0.497 e. The summed E-state index contributed by atoms with van der Waals surface area (Å²) < 4.78 is 18.3. The molecule has 1 amide bonds. The molecule has 0 aliphatic rings. The lowest BCUT2D eigenvalue weighted by molar-refractivity contribution is -0.115. The monoisotopic (exact) mass is 342 g/mol. The van der Waals surface area contributed by atoms with E-state index < -0.39 is 5.95 Å². The summed E-state index contributed by atoms with van der Waals surface area (Å²) in [4.78, 5) is 15.7. The second-order valence-electron chi connectivity index (χ2n) is 5.14. The first-order chi connectivity index (χ1) is 11.6. The van der Waals surface area contributed by atoms with E-state index in [2.05, 4.69) is 10.3 Å². The SMILES string of the molecule is COc1cccc(CC(=O)Nc2cc(-c3ccnc(F)c3)cs2)c1. The molecule has 0 saturated heterocycles. The maximum atomic E-state index is 13.2. The molecule has 24 heavy (non-hydrogen) atoms. The Hall–Kier alpha value is -2.73. The molecule has 0 saturated carbocycles. The predicted molar refractivity (Wildman–Crippen MR) is 92.8 cm³/mol. The van der Waals surface area contributed by atoms with Crippen LogP contribution in [-0.2, 0) is 11.2 Å². The number of hydrogen-bond acceptors (Lipinski definition) is 4. The van der Waals surface area contributed by atoms with Crippen LogP contribution in [0.4, 0.5) is 9.39 Å². The number of thiophene rings is 1. The first-order valence-corrected chi connectivity index (χ1v) is 8.15. The molecule has 0 radical (unpaired) electrons. The van der Waals surface area contributed by atoms with Crippen LogP contribution in [0.25, 0.3) is 11.1 Å². The molecule has 0 spiro atoms. The number of aromatic nitrogens is 1. The fraction of sp³-hybridized carbons (Fsp3) is 0.111. The molecule has 3 rings (SSSR count). The number of carbonyl (C=O) groups is 1. The Morgan fingerprint density at radius 3 is 2.92 bits per heavy atom. The summed E-state index contributed by atoms with van der Waals surface area (Å²) in [6.45, 7) is 0. The standard InChI is InChI=1S/C18H15FN2O2S/c1-23-15-4-2-3-12(7-15)8-17(22)21-18-10-14(11-24-18)13-5-6-20-16(19)9-13/h2-7,9-11H,8H2,1H3,(H,21,22). The number of anilines is 1. The van der Waals surface area contributed by atoms with Crippen molar-refractivity contribution in [1.82, 2.24) is 4.98 Å². The highest BCUT2D eigenvalue weighted by molar-refractivity contribution is 7.14. The van der Waals surface area contributed by atoms with Crippen LogP contribution in [0.1, 0.15) is 5.56 Å². The van der Waals surface area contributed by atoms with Crippen molar-refractivity contribution in [3.63, 3.8) is 0 Å². The number of carbonyl (C=O) groups excluding carboxylic acids is 1. The van der Waals surface area contributed by atoms with Crippen molar-refractivity contribution < 1.29 is 13.9 Å². The van der Waals surface area contributed by atoms with Crippen molar-refractivity contribution in [3.8, 4) is 16.9 Å². The number of hydrogen-bond donors (Lipinski definition) is 1. The number of pyridine rings is 1. The molecular formula is C18H15FN2O2S. The van der Waals surface area contributed by atoms with Gasteiger partial charge in [0.25, 0.3) is 0 Å². The number of rotatable bonds is 5. The van der Waals surface area contributed by atoms with Gasteiger partial charge in [0.2, 0.25) is 11.9 Å². The van der Waals surface area contributed by atoms with Crippen LogP contribution in [0.5, 0.6) is 5.75 Å². The summed E-state index contributed by atoms with van der Waals surface area (Å²) in [5.41, 5.74) is 2.45. The second-order valence-corrected chi connectivity index (χ2v) is 6.05. The van der Waals surface area contributed by atoms with Gasteiger partial charge in [-0.25, -0.2) is 4.98 Å². The Balaban J connectivity index is 1.67. The minimum absolute atomic E-state index is 0.113. The molecule has 0 atom stereocenters. The predicted octanol–water partition coefficient (Wildman–Crippen LogP) is 4.14. The van der Waals surface area contributed by atoms with E-state index in [0.29, 0.717) is 0 Å². The highest BCUT2D eigenvalue weighted by Gasteiger charge is 2.08. The van der Waals surface area contributed by atoms with Gasteiger partial charge in [-0.15, -0.1) is 11.3 Å². The smallest absolute Gasteiger partial charge is 0.229 e. The zero-order valence-electron chi connectivity index (χ0n) is 13.0. The Morgan fingerprint density at radius 1 is 1.25 bits per heavy atom. The number of methoxy groups -OCH3 is 1. The van der Waals surface area contributed by atoms with Gasteiger partial charge in [-0.2, -0.15) is 4.39 Å². The number of nitrogens with one attached hydrogen (secondary N) is 1. The lowest BCUT2D eigenvalue weighted by atomic mass is 10.1. The summed E-state index contributed by atoms with van der Waals surface area (Å²) in [5.74, 6) is 0.0818. The molecule has 0 unspecified atom stereocenters. The minimum atomic E-state index is -0.526. The van der Waals surface area contributed by atoms with Gasteiger partial charge in [0.15, 0.2) is 0 Å². The van der Waals surface area contributed by atoms with Gasteiger partial charge in [-0.3, -0.25) is 4.79 Å². The van der Waals surface area contributed by atoms with Crippen molar-refractivity contribution >= 4 is 22.2 Å². The molecule has 3 aromatic rings. The lowest BCUT2D eigenvalue weighted by Crippen LogP contribution is -2.13. The fourth-order valence-corrected chi connectivity index (χ4v) is 3.11. The van der Waals surface area contributed by atoms with Gasteiger partial charge in [-0.05, 0) is 41.0 Å². The summed E-state index contributed by atoms with van der Waals surface area (Å²) in [7, 11) is 1.59. The van der Waals surface area contributed by atoms with E-state index >= 15 is 0 Å². The molecule has 0 aliphatic heterocycles. The Morgan fingerprint density at radius 2 is 2.12 bits per heavy atom. The molecule has 0 fully saturated rings. The van der Waals surface area contributed by atoms with Crippen molar-refractivity contribution in [2.45, 2.75) is 6.42 Å². The topological polar surface area (TPSA) is 51.2 Å². The van der Waals surface area contributed by atoms with Crippen LogP contribution < -0.4 is 10.1 Å². The highest BCUT2D eigenvalue weighted by Crippen LogP contribution is 2.29. The van der Waals surface area contributed by atoms with Crippen molar-refractivity contribution in [3.05, 3.63) is 65.6 Å². The van der Waals surface area contributed by atoms with E-state index in [0.717, 1.165) is 27.4 Å². The van der Waals surface area contributed by atoms with E-state index in [-0.39, 0.29) is 12.3 Å². The van der Waals surface area contributed by atoms with Crippen LogP contribution in [-0.4, -0.2) is 18.0 Å². The van der Waals surface area contributed by atoms with Crippen molar-refractivity contribution in [1.29, 1.82) is 0 Å². The van der Waals surface area contributed by atoms with Gasteiger partial charge in [0, 0.05) is 17.6 Å². The van der Waals surface area contributed by atoms with Crippen molar-refractivity contribution in [2.75, 3.05) is 12.4 Å². The van der Waals surface area contributed by atoms with Gasteiger partial charge in [0.05, 0.1) is 18.5 Å². The number of amides is 1. The molecule has 1 N–H and O–H groups in total. The maximum Gasteiger partial charge on any atom is 0.229 e. The quantitative estimate of drug-likeness (QED) is 0.709. The number of ether oxygens (including phenoxy) is 1. The Kier molecular flexibility index (Phi) is 4.86. The van der Waals surface area contributed by atoms with Crippen LogP contribution in [0.15, 0.2) is 54.0 Å². The summed E-state index contributed by atoms with van der Waals surface area (Å²) in [6.07, 6.45) is 1.68. The third-order valence-corrected chi connectivity index (χ3v) is 4.27. The van der Waals surface area contributed by atoms with E-state index in [9.17, 15) is 9.18 Å². The van der Waals surface area contributed by atoms with Gasteiger partial charge >= 0.3 is 0 Å². The molecule has 6 heteroatoms. The van der Waals surface area contributed by atoms with Gasteiger partial charge in [0.1, 0.15) is 5.75 Å². The molecular weight excluding hydrogens is 327 g/mol. The third kappa shape index (κ3) is 3.97. The molecule has 122 valence electrons. The first-order valence-electron chi connectivity index (χ1n) is 7.27.